The van der Waals surface area contributed by atoms with Crippen LogP contribution in [-0.2, 0) is 27.5 Å². The molecule has 3 rings (SSSR count). The van der Waals surface area contributed by atoms with Gasteiger partial charge < -0.3 is 8.92 Å². The Morgan fingerprint density at radius 2 is 1.74 bits per heavy atom. The number of carbonyl (C=O) groups excluding carboxylic acids is 1. The first-order valence-corrected chi connectivity index (χ1v) is 11.6. The number of hydrazone groups is 1. The number of nitrogens with zero attached hydrogens (tertiary/aromatic N) is 1. The predicted molar refractivity (Wildman–Crippen MR) is 123 cm³/mol. The third-order valence-corrected chi connectivity index (χ3v) is 6.08. The van der Waals surface area contributed by atoms with Gasteiger partial charge >= 0.3 is 16.3 Å². The van der Waals surface area contributed by atoms with Gasteiger partial charge in [0.05, 0.1) is 25.3 Å². The second-order valence-electron chi connectivity index (χ2n) is 7.37. The molecule has 0 fully saturated rings. The highest BCUT2D eigenvalue weighted by Crippen LogP contribution is 2.30. The number of halogens is 3. The first-order chi connectivity index (χ1) is 16.5. The molecule has 3 aromatic carbocycles. The Balaban J connectivity index is 1.74. The van der Waals surface area contributed by atoms with Crippen molar-refractivity contribution in [3.63, 3.8) is 0 Å². The summed E-state index contributed by atoms with van der Waals surface area (Å²) in [5, 5.41) is 3.89. The van der Waals surface area contributed by atoms with Crippen LogP contribution in [0.25, 0.3) is 0 Å². The molecule has 0 bridgehead atoms. The third kappa shape index (κ3) is 6.82. The van der Waals surface area contributed by atoms with Crippen molar-refractivity contribution in [2.75, 3.05) is 7.11 Å². The molecule has 3 aromatic rings. The molecule has 11 heteroatoms. The molecule has 7 nitrogen and oxygen atoms in total. The van der Waals surface area contributed by atoms with Crippen molar-refractivity contribution in [1.29, 1.82) is 0 Å². The fourth-order valence-electron chi connectivity index (χ4n) is 3.04. The maximum atomic E-state index is 12.8. The number of carbonyl (C=O) groups is 1. The zero-order chi connectivity index (χ0) is 25.6. The van der Waals surface area contributed by atoms with Crippen LogP contribution < -0.4 is 14.3 Å². The molecule has 1 amide bonds. The molecule has 0 radical (unpaired) electrons. The summed E-state index contributed by atoms with van der Waals surface area (Å²) in [7, 11) is -2.91. The normalized spacial score (nSPS) is 11.9. The molecule has 0 spiro atoms. The fourth-order valence-corrected chi connectivity index (χ4v) is 3.99. The molecule has 0 unspecified atom stereocenters. The van der Waals surface area contributed by atoms with Gasteiger partial charge in [-0.05, 0) is 60.5 Å². The van der Waals surface area contributed by atoms with E-state index in [0.717, 1.165) is 12.1 Å². The lowest BCUT2D eigenvalue weighted by Gasteiger charge is -2.12. The van der Waals surface area contributed by atoms with Crippen molar-refractivity contribution in [1.82, 2.24) is 5.43 Å². The van der Waals surface area contributed by atoms with Crippen LogP contribution in [0.5, 0.6) is 11.5 Å². The highest BCUT2D eigenvalue weighted by atomic mass is 32.2. The SMILES string of the molecule is COc1cccc(CC(=O)NN=Cc2c(C)cccc2OS(=O)(=O)c2ccc(C(F)(F)F)cc2)c1. The minimum absolute atomic E-state index is 0.0357. The van der Waals surface area contributed by atoms with Crippen molar-refractivity contribution in [3.8, 4) is 11.5 Å². The summed E-state index contributed by atoms with van der Waals surface area (Å²) in [5.74, 6) is 0.0911. The lowest BCUT2D eigenvalue weighted by atomic mass is 10.1. The highest BCUT2D eigenvalue weighted by molar-refractivity contribution is 7.87. The summed E-state index contributed by atoms with van der Waals surface area (Å²) in [4.78, 5) is 11.8. The number of benzene rings is 3. The van der Waals surface area contributed by atoms with Gasteiger partial charge in [0.1, 0.15) is 10.6 Å². The lowest BCUT2D eigenvalue weighted by molar-refractivity contribution is -0.137. The Kier molecular flexibility index (Phi) is 7.80. The van der Waals surface area contributed by atoms with Crippen molar-refractivity contribution in [2.45, 2.75) is 24.4 Å². The van der Waals surface area contributed by atoms with E-state index in [-0.39, 0.29) is 17.7 Å². The first kappa shape index (κ1) is 25.8. The van der Waals surface area contributed by atoms with Crippen LogP contribution in [0.3, 0.4) is 0 Å². The number of hydrogen-bond acceptors (Lipinski definition) is 6. The Bertz CT molecular complexity index is 1340. The molecule has 0 aromatic heterocycles. The molecule has 1 N–H and O–H groups in total. The van der Waals surface area contributed by atoms with Crippen molar-refractivity contribution in [3.05, 3.63) is 89.0 Å². The smallest absolute Gasteiger partial charge is 0.416 e. The quantitative estimate of drug-likeness (QED) is 0.276. The van der Waals surface area contributed by atoms with Crippen LogP contribution in [0.15, 0.2) is 76.7 Å². The van der Waals surface area contributed by atoms with E-state index < -0.39 is 32.7 Å². The fraction of sp³-hybridized carbons (Fsp3) is 0.167. The van der Waals surface area contributed by atoms with Gasteiger partial charge in [0.15, 0.2) is 5.75 Å². The van der Waals surface area contributed by atoms with Gasteiger partial charge in [-0.2, -0.15) is 26.7 Å². The molecule has 35 heavy (non-hydrogen) atoms. The van der Waals surface area contributed by atoms with Gasteiger partial charge in [0.25, 0.3) is 0 Å². The summed E-state index contributed by atoms with van der Waals surface area (Å²) in [5.41, 5.74) is 2.95. The van der Waals surface area contributed by atoms with Gasteiger partial charge in [-0.25, -0.2) is 5.43 Å². The number of rotatable bonds is 8. The lowest BCUT2D eigenvalue weighted by Crippen LogP contribution is -2.20. The van der Waals surface area contributed by atoms with Crippen LogP contribution in [0.4, 0.5) is 13.2 Å². The van der Waals surface area contributed by atoms with E-state index in [2.05, 4.69) is 10.5 Å². The molecule has 0 atom stereocenters. The zero-order valence-electron chi connectivity index (χ0n) is 18.7. The van der Waals surface area contributed by atoms with E-state index in [4.69, 9.17) is 8.92 Å². The molecule has 0 aliphatic rings. The number of alkyl halides is 3. The summed E-state index contributed by atoms with van der Waals surface area (Å²) in [6.45, 7) is 1.68. The first-order valence-electron chi connectivity index (χ1n) is 10.2. The number of methoxy groups -OCH3 is 1. The van der Waals surface area contributed by atoms with Crippen LogP contribution in [-0.4, -0.2) is 27.6 Å². The minimum atomic E-state index is -4.60. The third-order valence-electron chi connectivity index (χ3n) is 4.84. The van der Waals surface area contributed by atoms with E-state index in [0.29, 0.717) is 29.0 Å². The van der Waals surface area contributed by atoms with Gasteiger partial charge in [0, 0.05) is 5.56 Å². The zero-order valence-corrected chi connectivity index (χ0v) is 19.5. The van der Waals surface area contributed by atoms with E-state index in [1.54, 1.807) is 43.3 Å². The number of hydrogen-bond donors (Lipinski definition) is 1. The average molecular weight is 507 g/mol. The van der Waals surface area contributed by atoms with Crippen LogP contribution >= 0.6 is 0 Å². The second kappa shape index (κ2) is 10.6. The molecule has 0 aliphatic carbocycles. The summed E-state index contributed by atoms with van der Waals surface area (Å²) >= 11 is 0. The predicted octanol–water partition coefficient (Wildman–Crippen LogP) is 4.48. The number of amides is 1. The van der Waals surface area contributed by atoms with E-state index in [1.165, 1.54) is 19.4 Å². The topological polar surface area (TPSA) is 94.1 Å². The largest absolute Gasteiger partial charge is 0.497 e. The maximum absolute atomic E-state index is 12.8. The van der Waals surface area contributed by atoms with Crippen molar-refractivity contribution in [2.24, 2.45) is 5.10 Å². The van der Waals surface area contributed by atoms with Crippen LogP contribution in [0.1, 0.15) is 22.3 Å². The Hall–Kier alpha value is -3.86. The van der Waals surface area contributed by atoms with Gasteiger partial charge in [-0.15, -0.1) is 0 Å². The Labute approximate surface area is 200 Å². The molecular formula is C24H21F3N2O5S. The Morgan fingerprint density at radius 3 is 2.40 bits per heavy atom. The van der Waals surface area contributed by atoms with Crippen LogP contribution in [0, 0.1) is 6.92 Å². The minimum Gasteiger partial charge on any atom is -0.497 e. The van der Waals surface area contributed by atoms with Crippen LogP contribution in [0.2, 0.25) is 0 Å². The van der Waals surface area contributed by atoms with Gasteiger partial charge in [-0.3, -0.25) is 4.79 Å². The van der Waals surface area contributed by atoms with E-state index in [1.807, 2.05) is 0 Å². The van der Waals surface area contributed by atoms with E-state index in [9.17, 15) is 26.4 Å². The van der Waals surface area contributed by atoms with E-state index >= 15 is 0 Å². The monoisotopic (exact) mass is 506 g/mol. The Morgan fingerprint density at radius 1 is 1.06 bits per heavy atom. The van der Waals surface area contributed by atoms with Crippen molar-refractivity contribution >= 4 is 22.2 Å². The van der Waals surface area contributed by atoms with Crippen molar-refractivity contribution < 1.29 is 35.3 Å². The number of aryl methyl sites for hydroxylation is 1. The number of nitrogens with one attached hydrogen (secondary N) is 1. The molecule has 0 saturated heterocycles. The summed E-state index contributed by atoms with van der Waals surface area (Å²) < 4.78 is 73.9. The standard InChI is InChI=1S/C24H21F3N2O5S/c1-16-5-3-8-22(34-35(31,32)20-11-9-18(10-12-20)24(25,26)27)21(16)15-28-29-23(30)14-17-6-4-7-19(13-17)33-2/h3-13,15H,14H2,1-2H3,(H,29,30). The maximum Gasteiger partial charge on any atom is 0.416 e. The molecule has 0 saturated carbocycles. The highest BCUT2D eigenvalue weighted by Gasteiger charge is 2.31. The summed E-state index contributed by atoms with van der Waals surface area (Å²) in [6, 6.07) is 14.5. The molecule has 0 aliphatic heterocycles. The summed E-state index contributed by atoms with van der Waals surface area (Å²) in [6.07, 6.45) is -3.33. The molecule has 0 heterocycles. The second-order valence-corrected chi connectivity index (χ2v) is 8.91. The van der Waals surface area contributed by atoms with Gasteiger partial charge in [-0.1, -0.05) is 24.3 Å². The number of ether oxygens (including phenoxy) is 1. The van der Waals surface area contributed by atoms with Gasteiger partial charge in [0.2, 0.25) is 5.91 Å². The molecular weight excluding hydrogens is 485 g/mol. The average Bonchev–Trinajstić information content (AvgIpc) is 2.80. The molecule has 184 valence electrons.